The lowest BCUT2D eigenvalue weighted by molar-refractivity contribution is -0.151. The molecule has 0 amide bonds. The van der Waals surface area contributed by atoms with Crippen LogP contribution < -0.4 is 0 Å². The Kier molecular flexibility index (Phi) is 5.81. The predicted molar refractivity (Wildman–Crippen MR) is 63.0 cm³/mol. The molecule has 0 saturated heterocycles. The van der Waals surface area contributed by atoms with Crippen LogP contribution in [0.2, 0.25) is 0 Å². The number of rotatable bonds is 6. The molecule has 2 atom stereocenters. The fourth-order valence-electron chi connectivity index (χ4n) is 2.15. The molecule has 16 heavy (non-hydrogen) atoms. The maximum absolute atomic E-state index is 11.6. The fourth-order valence-corrected chi connectivity index (χ4v) is 2.15. The minimum absolute atomic E-state index is 0.199. The van der Waals surface area contributed by atoms with Crippen molar-refractivity contribution < 1.29 is 14.6 Å². The lowest BCUT2D eigenvalue weighted by Gasteiger charge is -2.13. The minimum atomic E-state index is -0.469. The van der Waals surface area contributed by atoms with Crippen molar-refractivity contribution in [1.29, 1.82) is 0 Å². The van der Waals surface area contributed by atoms with Gasteiger partial charge in [0.1, 0.15) is 0 Å². The first-order valence-corrected chi connectivity index (χ1v) is 6.46. The molecule has 0 bridgehead atoms. The molecule has 94 valence electrons. The van der Waals surface area contributed by atoms with E-state index >= 15 is 0 Å². The average Bonchev–Trinajstić information content (AvgIpc) is 2.63. The highest BCUT2D eigenvalue weighted by atomic mass is 16.5. The van der Waals surface area contributed by atoms with E-state index in [1.54, 1.807) is 0 Å². The quantitative estimate of drug-likeness (QED) is 0.561. The van der Waals surface area contributed by atoms with Crippen molar-refractivity contribution in [3.63, 3.8) is 0 Å². The van der Waals surface area contributed by atoms with Crippen molar-refractivity contribution in [3.05, 3.63) is 0 Å². The molecule has 0 aliphatic heterocycles. The summed E-state index contributed by atoms with van der Waals surface area (Å²) in [7, 11) is 0. The van der Waals surface area contributed by atoms with Gasteiger partial charge in [0.25, 0.3) is 0 Å². The van der Waals surface area contributed by atoms with Crippen LogP contribution in [-0.2, 0) is 9.53 Å². The number of ether oxygens (including phenoxy) is 1. The van der Waals surface area contributed by atoms with Crippen molar-refractivity contribution in [1.82, 2.24) is 0 Å². The molecule has 0 aromatic carbocycles. The minimum Gasteiger partial charge on any atom is -0.465 e. The summed E-state index contributed by atoms with van der Waals surface area (Å²) in [4.78, 5) is 11.6. The fraction of sp³-hybridized carbons (Fsp3) is 0.923. The van der Waals surface area contributed by atoms with E-state index in [-0.39, 0.29) is 11.9 Å². The molecule has 3 nitrogen and oxygen atoms in total. The van der Waals surface area contributed by atoms with Gasteiger partial charge >= 0.3 is 5.97 Å². The van der Waals surface area contributed by atoms with Gasteiger partial charge < -0.3 is 9.84 Å². The van der Waals surface area contributed by atoms with E-state index in [1.807, 2.05) is 0 Å². The van der Waals surface area contributed by atoms with E-state index in [9.17, 15) is 9.90 Å². The molecule has 1 fully saturated rings. The summed E-state index contributed by atoms with van der Waals surface area (Å²) in [5, 5.41) is 9.53. The maximum Gasteiger partial charge on any atom is 0.311 e. The summed E-state index contributed by atoms with van der Waals surface area (Å²) in [5.74, 6) is 0.256. The highest BCUT2D eigenvalue weighted by Crippen LogP contribution is 2.26. The molecule has 1 saturated carbocycles. The van der Waals surface area contributed by atoms with E-state index in [2.05, 4.69) is 13.8 Å². The number of hydrogen-bond acceptors (Lipinski definition) is 3. The first-order chi connectivity index (χ1) is 7.61. The molecule has 0 heterocycles. The zero-order valence-electron chi connectivity index (χ0n) is 10.4. The maximum atomic E-state index is 11.6. The van der Waals surface area contributed by atoms with E-state index in [4.69, 9.17) is 4.74 Å². The Hall–Kier alpha value is -0.570. The topological polar surface area (TPSA) is 46.5 Å². The Balaban J connectivity index is 2.06. The predicted octanol–water partition coefficient (Wildman–Crippen LogP) is 2.52. The summed E-state index contributed by atoms with van der Waals surface area (Å²) in [6, 6.07) is 0. The monoisotopic (exact) mass is 228 g/mol. The van der Waals surface area contributed by atoms with Gasteiger partial charge in [-0.15, -0.1) is 0 Å². The zero-order chi connectivity index (χ0) is 12.0. The van der Waals surface area contributed by atoms with Gasteiger partial charge in [0.2, 0.25) is 0 Å². The van der Waals surface area contributed by atoms with Crippen LogP contribution in [-0.4, -0.2) is 23.8 Å². The van der Waals surface area contributed by atoms with E-state index in [1.165, 1.54) is 6.42 Å². The van der Waals surface area contributed by atoms with Crippen molar-refractivity contribution in [2.45, 2.75) is 58.5 Å². The summed E-state index contributed by atoms with van der Waals surface area (Å²) in [6.07, 6.45) is 5.23. The second-order valence-corrected chi connectivity index (χ2v) is 5.16. The Labute approximate surface area is 98.2 Å². The van der Waals surface area contributed by atoms with Gasteiger partial charge in [-0.2, -0.15) is 0 Å². The lowest BCUT2D eigenvalue weighted by Crippen LogP contribution is -2.25. The Morgan fingerprint density at radius 1 is 1.38 bits per heavy atom. The highest BCUT2D eigenvalue weighted by Gasteiger charge is 2.32. The molecule has 1 N–H and O–H groups in total. The number of carbonyl (C=O) groups is 1. The van der Waals surface area contributed by atoms with Gasteiger partial charge in [0, 0.05) is 0 Å². The normalized spacial score (nSPS) is 25.0. The Morgan fingerprint density at radius 2 is 2.12 bits per heavy atom. The van der Waals surface area contributed by atoms with Gasteiger partial charge in [0.15, 0.2) is 0 Å². The number of hydrogen-bond donors (Lipinski definition) is 1. The van der Waals surface area contributed by atoms with Gasteiger partial charge in [0.05, 0.1) is 18.6 Å². The molecule has 1 rings (SSSR count). The molecule has 1 aliphatic rings. The van der Waals surface area contributed by atoms with E-state index in [0.717, 1.165) is 32.1 Å². The number of carbonyl (C=O) groups excluding carboxylic acids is 1. The molecule has 3 heteroatoms. The van der Waals surface area contributed by atoms with Crippen LogP contribution in [0.3, 0.4) is 0 Å². The smallest absolute Gasteiger partial charge is 0.311 e. The number of unbranched alkanes of at least 4 members (excludes halogenated alkanes) is 1. The van der Waals surface area contributed by atoms with Gasteiger partial charge in [-0.25, -0.2) is 0 Å². The third kappa shape index (κ3) is 4.52. The number of aliphatic hydroxyl groups excluding tert-OH is 1. The molecule has 0 aromatic rings. The van der Waals surface area contributed by atoms with Crippen LogP contribution in [0, 0.1) is 11.8 Å². The Morgan fingerprint density at radius 3 is 2.69 bits per heavy atom. The lowest BCUT2D eigenvalue weighted by atomic mass is 10.1. The second kappa shape index (κ2) is 6.89. The van der Waals surface area contributed by atoms with Crippen LogP contribution in [0.5, 0.6) is 0 Å². The van der Waals surface area contributed by atoms with Gasteiger partial charge in [-0.3, -0.25) is 4.79 Å². The zero-order valence-corrected chi connectivity index (χ0v) is 10.4. The van der Waals surface area contributed by atoms with Crippen LogP contribution in [0.4, 0.5) is 0 Å². The van der Waals surface area contributed by atoms with Crippen LogP contribution >= 0.6 is 0 Å². The molecule has 0 radical (unpaired) electrons. The average molecular weight is 228 g/mol. The van der Waals surface area contributed by atoms with E-state index in [0.29, 0.717) is 12.5 Å². The summed E-state index contributed by atoms with van der Waals surface area (Å²) >= 11 is 0. The summed E-state index contributed by atoms with van der Waals surface area (Å²) in [5.41, 5.74) is 0. The summed E-state index contributed by atoms with van der Waals surface area (Å²) < 4.78 is 5.18. The van der Waals surface area contributed by atoms with Crippen LogP contribution in [0.1, 0.15) is 52.4 Å². The number of esters is 1. The first-order valence-electron chi connectivity index (χ1n) is 6.46. The molecular weight excluding hydrogens is 204 g/mol. The van der Waals surface area contributed by atoms with Gasteiger partial charge in [-0.05, 0) is 38.0 Å². The third-order valence-corrected chi connectivity index (χ3v) is 3.20. The molecular formula is C13H24O3. The number of aliphatic hydroxyl groups is 1. The van der Waals surface area contributed by atoms with Crippen molar-refractivity contribution in [2.75, 3.05) is 6.61 Å². The molecule has 0 spiro atoms. The summed E-state index contributed by atoms with van der Waals surface area (Å²) in [6.45, 7) is 4.90. The largest absolute Gasteiger partial charge is 0.465 e. The SMILES string of the molecule is CC(C)CCCCOC(=O)C1CCCC1O. The van der Waals surface area contributed by atoms with Gasteiger partial charge in [-0.1, -0.05) is 20.3 Å². The Bertz CT molecular complexity index is 213. The van der Waals surface area contributed by atoms with Crippen molar-refractivity contribution >= 4 is 5.97 Å². The van der Waals surface area contributed by atoms with E-state index < -0.39 is 6.10 Å². The molecule has 1 aliphatic carbocycles. The molecule has 2 unspecified atom stereocenters. The second-order valence-electron chi connectivity index (χ2n) is 5.16. The first kappa shape index (κ1) is 13.5. The standard InChI is InChI=1S/C13H24O3/c1-10(2)6-3-4-9-16-13(15)11-7-5-8-12(11)14/h10-12,14H,3-9H2,1-2H3. The van der Waals surface area contributed by atoms with Crippen molar-refractivity contribution in [2.24, 2.45) is 11.8 Å². The van der Waals surface area contributed by atoms with Crippen LogP contribution in [0.15, 0.2) is 0 Å². The van der Waals surface area contributed by atoms with Crippen LogP contribution in [0.25, 0.3) is 0 Å². The third-order valence-electron chi connectivity index (χ3n) is 3.20. The molecule has 0 aromatic heterocycles. The van der Waals surface area contributed by atoms with Crippen molar-refractivity contribution in [3.8, 4) is 0 Å². The highest BCUT2D eigenvalue weighted by molar-refractivity contribution is 5.73.